The number of carboxylic acid groups (broad SMARTS) is 1. The van der Waals surface area contributed by atoms with Crippen LogP contribution in [0.4, 0.5) is 5.69 Å². The lowest BCUT2D eigenvalue weighted by Crippen LogP contribution is -2.12. The van der Waals surface area contributed by atoms with Crippen molar-refractivity contribution in [2.75, 3.05) is 12.4 Å². The number of carboxylic acids is 1. The Labute approximate surface area is 156 Å². The van der Waals surface area contributed by atoms with Crippen molar-refractivity contribution in [1.82, 2.24) is 0 Å². The molecule has 0 atom stereocenters. The summed E-state index contributed by atoms with van der Waals surface area (Å²) in [4.78, 5) is 23.8. The van der Waals surface area contributed by atoms with Gasteiger partial charge in [0.15, 0.2) is 0 Å². The van der Waals surface area contributed by atoms with E-state index in [0.717, 1.165) is 21.9 Å². The number of benzene rings is 3. The third-order valence-corrected chi connectivity index (χ3v) is 4.27. The molecular weight excluding hydrogens is 342 g/mol. The van der Waals surface area contributed by atoms with E-state index in [1.165, 1.54) is 25.3 Å². The molecule has 5 nitrogen and oxygen atoms in total. The van der Waals surface area contributed by atoms with Gasteiger partial charge in [0.25, 0.3) is 0 Å². The van der Waals surface area contributed by atoms with Crippen LogP contribution >= 0.6 is 0 Å². The fourth-order valence-corrected chi connectivity index (χ4v) is 2.82. The Bertz CT molecular complexity index is 1050. The van der Waals surface area contributed by atoms with Gasteiger partial charge in [0.1, 0.15) is 5.75 Å². The maximum atomic E-state index is 12.4. The molecule has 2 N–H and O–H groups in total. The van der Waals surface area contributed by atoms with Crippen LogP contribution in [0.25, 0.3) is 16.3 Å². The lowest BCUT2D eigenvalue weighted by Gasteiger charge is -2.09. The topological polar surface area (TPSA) is 75.6 Å². The summed E-state index contributed by atoms with van der Waals surface area (Å²) in [7, 11) is 1.45. The number of ether oxygens (including phenoxy) is 1. The fourth-order valence-electron chi connectivity index (χ4n) is 2.82. The largest absolute Gasteiger partial charge is 0.497 e. The molecule has 5 heteroatoms. The van der Waals surface area contributed by atoms with Crippen LogP contribution in [0.15, 0.2) is 66.7 Å². The number of anilines is 1. The van der Waals surface area contributed by atoms with Crippen molar-refractivity contribution in [2.24, 2.45) is 0 Å². The first-order valence-corrected chi connectivity index (χ1v) is 8.37. The smallest absolute Gasteiger partial charge is 0.337 e. The van der Waals surface area contributed by atoms with Gasteiger partial charge in [-0.05, 0) is 53.1 Å². The molecule has 0 saturated heterocycles. The molecule has 1 amide bonds. The number of methoxy groups -OCH3 is 1. The first kappa shape index (κ1) is 18.2. The Morgan fingerprint density at radius 1 is 1.00 bits per heavy atom. The van der Waals surface area contributed by atoms with Crippen molar-refractivity contribution in [3.63, 3.8) is 0 Å². The number of rotatable bonds is 5. The quantitative estimate of drug-likeness (QED) is 0.652. The minimum Gasteiger partial charge on any atom is -0.497 e. The number of nitrogens with one attached hydrogen (secondary N) is 1. The minimum atomic E-state index is -1.14. The Morgan fingerprint density at radius 2 is 1.74 bits per heavy atom. The summed E-state index contributed by atoms with van der Waals surface area (Å²) in [5, 5.41) is 14.2. The molecule has 0 saturated carbocycles. The predicted molar refractivity (Wildman–Crippen MR) is 106 cm³/mol. The van der Waals surface area contributed by atoms with Gasteiger partial charge in [0, 0.05) is 6.08 Å². The summed E-state index contributed by atoms with van der Waals surface area (Å²) in [6.07, 6.45) is 1.46. The molecule has 27 heavy (non-hydrogen) atoms. The molecule has 0 radical (unpaired) electrons. The van der Waals surface area contributed by atoms with Gasteiger partial charge in [-0.2, -0.15) is 0 Å². The predicted octanol–water partition coefficient (Wildman–Crippen LogP) is 4.59. The first-order chi connectivity index (χ1) is 13.0. The van der Waals surface area contributed by atoms with Gasteiger partial charge in [0.2, 0.25) is 5.91 Å². The molecule has 3 aromatic carbocycles. The summed E-state index contributed by atoms with van der Waals surface area (Å²) < 4.78 is 5.03. The van der Waals surface area contributed by atoms with Crippen LogP contribution in [-0.4, -0.2) is 24.1 Å². The van der Waals surface area contributed by atoms with Crippen LogP contribution in [0.3, 0.4) is 0 Å². The number of hydrogen-bond acceptors (Lipinski definition) is 3. The van der Waals surface area contributed by atoms with Crippen molar-refractivity contribution < 1.29 is 19.4 Å². The molecule has 0 aromatic heterocycles. The van der Waals surface area contributed by atoms with Crippen LogP contribution in [-0.2, 0) is 4.79 Å². The monoisotopic (exact) mass is 361 g/mol. The van der Waals surface area contributed by atoms with E-state index in [-0.39, 0.29) is 11.3 Å². The van der Waals surface area contributed by atoms with Crippen LogP contribution in [0, 0.1) is 0 Å². The Balaban J connectivity index is 1.84. The summed E-state index contributed by atoms with van der Waals surface area (Å²) in [6.45, 7) is 1.84. The third kappa shape index (κ3) is 4.15. The average molecular weight is 361 g/mol. The van der Waals surface area contributed by atoms with Crippen LogP contribution in [0.1, 0.15) is 22.8 Å². The van der Waals surface area contributed by atoms with Crippen molar-refractivity contribution in [3.05, 3.63) is 77.9 Å². The highest BCUT2D eigenvalue weighted by Gasteiger charge is 2.13. The summed E-state index contributed by atoms with van der Waals surface area (Å²) in [5.41, 5.74) is 1.90. The Kier molecular flexibility index (Phi) is 5.22. The highest BCUT2D eigenvalue weighted by Crippen LogP contribution is 2.24. The maximum Gasteiger partial charge on any atom is 0.337 e. The number of carbonyl (C=O) groups excluding carboxylic acids is 1. The van der Waals surface area contributed by atoms with E-state index in [1.807, 2.05) is 49.4 Å². The standard InChI is InChI=1S/C22H19NO4/c1-14(16-8-7-15-5-3-4-6-17(15)12-16)11-21(24)23-20-10-9-18(27-2)13-19(20)22(25)26/h3-13H,1-2H3,(H,23,24)(H,25,26)/b14-11-. The van der Waals surface area contributed by atoms with Crippen molar-refractivity contribution in [1.29, 1.82) is 0 Å². The lowest BCUT2D eigenvalue weighted by molar-refractivity contribution is -0.111. The van der Waals surface area contributed by atoms with E-state index in [4.69, 9.17) is 4.74 Å². The third-order valence-electron chi connectivity index (χ3n) is 4.27. The average Bonchev–Trinajstić information content (AvgIpc) is 2.67. The molecule has 0 aliphatic heterocycles. The van der Waals surface area contributed by atoms with Gasteiger partial charge < -0.3 is 15.2 Å². The number of fused-ring (bicyclic) bond motifs is 1. The molecule has 0 aliphatic rings. The number of amides is 1. The molecule has 0 heterocycles. The SMILES string of the molecule is COc1ccc(NC(=O)/C=C(/C)c2ccc3ccccc3c2)c(C(=O)O)c1. The number of hydrogen-bond donors (Lipinski definition) is 2. The number of aromatic carboxylic acids is 1. The zero-order valence-electron chi connectivity index (χ0n) is 15.0. The second-order valence-corrected chi connectivity index (χ2v) is 6.10. The molecule has 0 spiro atoms. The zero-order chi connectivity index (χ0) is 19.4. The normalized spacial score (nSPS) is 11.3. The van der Waals surface area contributed by atoms with Gasteiger partial charge in [0.05, 0.1) is 18.4 Å². The zero-order valence-corrected chi connectivity index (χ0v) is 15.0. The molecular formula is C22H19NO4. The van der Waals surface area contributed by atoms with Crippen molar-refractivity contribution in [3.8, 4) is 5.75 Å². The molecule has 0 bridgehead atoms. The molecule has 0 fully saturated rings. The molecule has 136 valence electrons. The summed E-state index contributed by atoms with van der Waals surface area (Å²) in [6, 6.07) is 18.5. The van der Waals surface area contributed by atoms with Gasteiger partial charge in [-0.15, -0.1) is 0 Å². The first-order valence-electron chi connectivity index (χ1n) is 8.37. The lowest BCUT2D eigenvalue weighted by atomic mass is 10.0. The fraction of sp³-hybridized carbons (Fsp3) is 0.0909. The molecule has 0 unspecified atom stereocenters. The van der Waals surface area contributed by atoms with E-state index in [1.54, 1.807) is 6.07 Å². The summed E-state index contributed by atoms with van der Waals surface area (Å²) >= 11 is 0. The van der Waals surface area contributed by atoms with Crippen LogP contribution in [0.2, 0.25) is 0 Å². The maximum absolute atomic E-state index is 12.4. The van der Waals surface area contributed by atoms with Crippen LogP contribution in [0.5, 0.6) is 5.75 Å². The van der Waals surface area contributed by atoms with Crippen molar-refractivity contribution in [2.45, 2.75) is 6.92 Å². The molecule has 0 aliphatic carbocycles. The van der Waals surface area contributed by atoms with E-state index < -0.39 is 11.9 Å². The van der Waals surface area contributed by atoms with Gasteiger partial charge >= 0.3 is 5.97 Å². The second-order valence-electron chi connectivity index (χ2n) is 6.10. The van der Waals surface area contributed by atoms with Gasteiger partial charge in [-0.1, -0.05) is 36.4 Å². The number of allylic oxidation sites excluding steroid dienone is 1. The van der Waals surface area contributed by atoms with E-state index in [2.05, 4.69) is 5.32 Å². The summed E-state index contributed by atoms with van der Waals surface area (Å²) in [5.74, 6) is -1.12. The van der Waals surface area contributed by atoms with Gasteiger partial charge in [-0.25, -0.2) is 4.79 Å². The highest BCUT2D eigenvalue weighted by atomic mass is 16.5. The van der Waals surface area contributed by atoms with E-state index >= 15 is 0 Å². The van der Waals surface area contributed by atoms with Crippen LogP contribution < -0.4 is 10.1 Å². The van der Waals surface area contributed by atoms with E-state index in [0.29, 0.717) is 5.75 Å². The Hall–Kier alpha value is -3.60. The molecule has 3 rings (SSSR count). The second kappa shape index (κ2) is 7.74. The number of carbonyl (C=O) groups is 2. The minimum absolute atomic E-state index is 0.0283. The van der Waals surface area contributed by atoms with E-state index in [9.17, 15) is 14.7 Å². The Morgan fingerprint density at radius 3 is 2.44 bits per heavy atom. The highest BCUT2D eigenvalue weighted by molar-refractivity contribution is 6.07. The molecule has 3 aromatic rings. The van der Waals surface area contributed by atoms with Gasteiger partial charge in [-0.3, -0.25) is 4.79 Å². The van der Waals surface area contributed by atoms with Crippen molar-refractivity contribution >= 4 is 33.9 Å².